The lowest BCUT2D eigenvalue weighted by Gasteiger charge is -2.15. The number of anilines is 1. The maximum Gasteiger partial charge on any atom is 0.255 e. The lowest BCUT2D eigenvalue weighted by Crippen LogP contribution is -2.26. The van der Waals surface area contributed by atoms with Crippen molar-refractivity contribution in [3.63, 3.8) is 0 Å². The minimum absolute atomic E-state index is 0.0737. The third-order valence-corrected chi connectivity index (χ3v) is 2.91. The minimum Gasteiger partial charge on any atom is -0.369 e. The van der Waals surface area contributed by atoms with Crippen LogP contribution in [0.2, 0.25) is 0 Å². The number of likely N-dealkylation sites (N-methyl/N-ethyl adjacent to an activating group) is 1. The van der Waals surface area contributed by atoms with E-state index in [0.717, 1.165) is 43.7 Å². The smallest absolute Gasteiger partial charge is 0.255 e. The zero-order valence-electron chi connectivity index (χ0n) is 8.92. The van der Waals surface area contributed by atoms with Gasteiger partial charge in [0.25, 0.3) is 5.56 Å². The van der Waals surface area contributed by atoms with Crippen LogP contribution >= 0.6 is 0 Å². The largest absolute Gasteiger partial charge is 0.369 e. The normalized spacial score (nSPS) is 17.1. The molecule has 0 radical (unpaired) electrons. The molecule has 0 atom stereocenters. The van der Waals surface area contributed by atoms with Gasteiger partial charge in [-0.15, -0.1) is 0 Å². The second-order valence-electron chi connectivity index (χ2n) is 3.81. The van der Waals surface area contributed by atoms with Crippen LogP contribution < -0.4 is 11.3 Å². The van der Waals surface area contributed by atoms with Gasteiger partial charge in [-0.3, -0.25) is 9.78 Å². The van der Waals surface area contributed by atoms with Crippen molar-refractivity contribution in [3.8, 4) is 0 Å². The summed E-state index contributed by atoms with van der Waals surface area (Å²) in [6, 6.07) is 0. The van der Waals surface area contributed by atoms with Crippen molar-refractivity contribution >= 4 is 5.95 Å². The quantitative estimate of drug-likeness (QED) is 0.668. The van der Waals surface area contributed by atoms with Gasteiger partial charge in [0.2, 0.25) is 5.95 Å². The highest BCUT2D eigenvalue weighted by Gasteiger charge is 2.16. The van der Waals surface area contributed by atoms with Crippen LogP contribution in [0.15, 0.2) is 4.79 Å². The fourth-order valence-electron chi connectivity index (χ4n) is 1.99. The number of fused-ring (bicyclic) bond motifs is 1. The molecule has 1 aliphatic rings. The number of nitrogens with one attached hydrogen (secondary N) is 1. The Bertz CT molecular complexity index is 412. The highest BCUT2D eigenvalue weighted by atomic mass is 16.1. The summed E-state index contributed by atoms with van der Waals surface area (Å²) >= 11 is 0. The van der Waals surface area contributed by atoms with E-state index in [1.54, 1.807) is 0 Å². The van der Waals surface area contributed by atoms with Crippen LogP contribution in [0.3, 0.4) is 0 Å². The van der Waals surface area contributed by atoms with Crippen LogP contribution in [-0.2, 0) is 12.8 Å². The van der Waals surface area contributed by atoms with Crippen LogP contribution in [0.25, 0.3) is 0 Å². The van der Waals surface area contributed by atoms with Gasteiger partial charge in [-0.05, 0) is 13.0 Å². The number of nitrogens with two attached hydrogens (primary N) is 1. The van der Waals surface area contributed by atoms with Gasteiger partial charge in [0.05, 0.1) is 5.69 Å². The van der Waals surface area contributed by atoms with Crippen LogP contribution in [0.5, 0.6) is 0 Å². The molecule has 0 spiro atoms. The molecule has 2 heterocycles. The lowest BCUT2D eigenvalue weighted by molar-refractivity contribution is 0.303. The molecule has 0 fully saturated rings. The molecule has 82 valence electrons. The predicted molar refractivity (Wildman–Crippen MR) is 58.8 cm³/mol. The SMILES string of the molecule is CCN1CCc2nc(N)[nH]c(=O)c2CC1. The molecule has 0 aliphatic carbocycles. The molecule has 0 saturated heterocycles. The molecular weight excluding hydrogens is 192 g/mol. The van der Waals surface area contributed by atoms with Gasteiger partial charge in [0.1, 0.15) is 0 Å². The Morgan fingerprint density at radius 1 is 1.47 bits per heavy atom. The summed E-state index contributed by atoms with van der Waals surface area (Å²) in [5, 5.41) is 0. The average molecular weight is 208 g/mol. The third kappa shape index (κ3) is 2.02. The van der Waals surface area contributed by atoms with Crippen LogP contribution in [0, 0.1) is 0 Å². The summed E-state index contributed by atoms with van der Waals surface area (Å²) < 4.78 is 0. The second-order valence-corrected chi connectivity index (χ2v) is 3.81. The number of hydrogen-bond donors (Lipinski definition) is 2. The topological polar surface area (TPSA) is 75.0 Å². The molecule has 5 heteroatoms. The molecule has 0 aromatic carbocycles. The molecule has 0 amide bonds. The van der Waals surface area contributed by atoms with Crippen LogP contribution in [0.1, 0.15) is 18.2 Å². The van der Waals surface area contributed by atoms with Gasteiger partial charge >= 0.3 is 0 Å². The molecule has 1 aliphatic heterocycles. The molecular formula is C10H16N4O. The Hall–Kier alpha value is -1.36. The maximum atomic E-state index is 11.6. The van der Waals surface area contributed by atoms with E-state index in [4.69, 9.17) is 5.73 Å². The summed E-state index contributed by atoms with van der Waals surface area (Å²) in [4.78, 5) is 20.7. The summed E-state index contributed by atoms with van der Waals surface area (Å²) in [6.45, 7) is 5.03. The Labute approximate surface area is 88.3 Å². The zero-order valence-corrected chi connectivity index (χ0v) is 8.92. The number of hydrogen-bond acceptors (Lipinski definition) is 4. The van der Waals surface area contributed by atoms with E-state index in [1.165, 1.54) is 0 Å². The van der Waals surface area contributed by atoms with E-state index < -0.39 is 0 Å². The second kappa shape index (κ2) is 4.02. The first-order valence-corrected chi connectivity index (χ1v) is 5.30. The van der Waals surface area contributed by atoms with Crippen molar-refractivity contribution in [2.24, 2.45) is 0 Å². The maximum absolute atomic E-state index is 11.6. The third-order valence-electron chi connectivity index (χ3n) is 2.91. The van der Waals surface area contributed by atoms with Crippen molar-refractivity contribution in [1.29, 1.82) is 0 Å². The van der Waals surface area contributed by atoms with Crippen molar-refractivity contribution in [3.05, 3.63) is 21.6 Å². The number of H-pyrrole nitrogens is 1. The molecule has 1 aromatic rings. The first-order chi connectivity index (χ1) is 7.20. The van der Waals surface area contributed by atoms with Crippen molar-refractivity contribution in [2.45, 2.75) is 19.8 Å². The fraction of sp³-hybridized carbons (Fsp3) is 0.600. The standard InChI is InChI=1S/C10H16N4O/c1-2-14-5-3-7-8(4-6-14)12-10(11)13-9(7)15/h2-6H2,1H3,(H3,11,12,13,15). The van der Waals surface area contributed by atoms with Gasteiger partial charge in [-0.1, -0.05) is 6.92 Å². The number of aromatic amines is 1. The molecule has 2 rings (SSSR count). The Kier molecular flexibility index (Phi) is 2.73. The molecule has 0 saturated carbocycles. The van der Waals surface area contributed by atoms with Crippen molar-refractivity contribution < 1.29 is 0 Å². The Morgan fingerprint density at radius 2 is 2.20 bits per heavy atom. The first-order valence-electron chi connectivity index (χ1n) is 5.30. The zero-order chi connectivity index (χ0) is 10.8. The van der Waals surface area contributed by atoms with E-state index in [9.17, 15) is 4.79 Å². The molecule has 3 N–H and O–H groups in total. The highest BCUT2D eigenvalue weighted by Crippen LogP contribution is 2.10. The summed E-state index contributed by atoms with van der Waals surface area (Å²) in [5.74, 6) is 0.226. The summed E-state index contributed by atoms with van der Waals surface area (Å²) in [6.07, 6.45) is 1.59. The monoisotopic (exact) mass is 208 g/mol. The van der Waals surface area contributed by atoms with Gasteiger partial charge in [0, 0.05) is 25.1 Å². The number of nitrogen functional groups attached to an aromatic ring is 1. The van der Waals surface area contributed by atoms with E-state index in [2.05, 4.69) is 21.8 Å². The lowest BCUT2D eigenvalue weighted by atomic mass is 10.1. The van der Waals surface area contributed by atoms with Crippen LogP contribution in [-0.4, -0.2) is 34.5 Å². The Balaban J connectivity index is 2.35. The highest BCUT2D eigenvalue weighted by molar-refractivity contribution is 5.26. The fourth-order valence-corrected chi connectivity index (χ4v) is 1.99. The van der Waals surface area contributed by atoms with Crippen LogP contribution in [0.4, 0.5) is 5.95 Å². The molecule has 0 bridgehead atoms. The van der Waals surface area contributed by atoms with E-state index in [0.29, 0.717) is 0 Å². The molecule has 0 unspecified atom stereocenters. The van der Waals surface area contributed by atoms with Gasteiger partial charge in [0.15, 0.2) is 0 Å². The number of aromatic nitrogens is 2. The predicted octanol–water partition coefficient (Wildman–Crippen LogP) is -0.227. The first kappa shape index (κ1) is 10.2. The minimum atomic E-state index is -0.0737. The Morgan fingerprint density at radius 3 is 2.93 bits per heavy atom. The average Bonchev–Trinajstić information content (AvgIpc) is 2.40. The van der Waals surface area contributed by atoms with E-state index in [-0.39, 0.29) is 11.5 Å². The molecule has 5 nitrogen and oxygen atoms in total. The summed E-state index contributed by atoms with van der Waals surface area (Å²) in [5.41, 5.74) is 7.12. The van der Waals surface area contributed by atoms with E-state index in [1.807, 2.05) is 0 Å². The molecule has 1 aromatic heterocycles. The number of nitrogens with zero attached hydrogens (tertiary/aromatic N) is 2. The summed E-state index contributed by atoms with van der Waals surface area (Å²) in [7, 11) is 0. The van der Waals surface area contributed by atoms with Gasteiger partial charge in [-0.2, -0.15) is 0 Å². The van der Waals surface area contributed by atoms with Gasteiger partial charge in [-0.25, -0.2) is 4.98 Å². The van der Waals surface area contributed by atoms with Crippen molar-refractivity contribution in [2.75, 3.05) is 25.4 Å². The number of rotatable bonds is 1. The molecule has 15 heavy (non-hydrogen) atoms. The van der Waals surface area contributed by atoms with Gasteiger partial charge < -0.3 is 10.6 Å². The van der Waals surface area contributed by atoms with E-state index >= 15 is 0 Å². The van der Waals surface area contributed by atoms with Crippen molar-refractivity contribution in [1.82, 2.24) is 14.9 Å².